The first kappa shape index (κ1) is 20.4. The SMILES string of the molecule is COc1ccc(CC(=O)N[C@@H](C)Cc2ccc(OC)c(OC)c2)cc1OC. The first-order valence-corrected chi connectivity index (χ1v) is 8.71. The van der Waals surface area contributed by atoms with Gasteiger partial charge in [-0.25, -0.2) is 0 Å². The maximum Gasteiger partial charge on any atom is 0.224 e. The van der Waals surface area contributed by atoms with E-state index in [2.05, 4.69) is 5.32 Å². The van der Waals surface area contributed by atoms with Gasteiger partial charge >= 0.3 is 0 Å². The standard InChI is InChI=1S/C21H27NO5/c1-14(10-15-6-8-17(24-2)19(11-15)26-4)22-21(23)13-16-7-9-18(25-3)20(12-16)27-5/h6-9,11-12,14H,10,13H2,1-5H3,(H,22,23)/t14-/m0/s1. The van der Waals surface area contributed by atoms with Crippen LogP contribution < -0.4 is 24.3 Å². The number of rotatable bonds is 9. The number of ether oxygens (including phenoxy) is 4. The van der Waals surface area contributed by atoms with Gasteiger partial charge in [0, 0.05) is 6.04 Å². The van der Waals surface area contributed by atoms with Crippen molar-refractivity contribution in [2.75, 3.05) is 28.4 Å². The lowest BCUT2D eigenvalue weighted by atomic mass is 10.1. The van der Waals surface area contributed by atoms with E-state index >= 15 is 0 Å². The smallest absolute Gasteiger partial charge is 0.224 e. The van der Waals surface area contributed by atoms with Gasteiger partial charge in [-0.15, -0.1) is 0 Å². The second-order valence-electron chi connectivity index (χ2n) is 6.23. The number of amides is 1. The Balaban J connectivity index is 1.95. The summed E-state index contributed by atoms with van der Waals surface area (Å²) in [5.41, 5.74) is 1.93. The van der Waals surface area contributed by atoms with Crippen LogP contribution in [0.15, 0.2) is 36.4 Å². The van der Waals surface area contributed by atoms with E-state index in [9.17, 15) is 4.79 Å². The van der Waals surface area contributed by atoms with Crippen molar-refractivity contribution in [1.29, 1.82) is 0 Å². The number of hydrogen-bond acceptors (Lipinski definition) is 5. The molecular weight excluding hydrogens is 346 g/mol. The van der Waals surface area contributed by atoms with Gasteiger partial charge in [0.05, 0.1) is 34.9 Å². The Labute approximate surface area is 160 Å². The van der Waals surface area contributed by atoms with Crippen LogP contribution in [0.4, 0.5) is 0 Å². The number of benzene rings is 2. The van der Waals surface area contributed by atoms with Gasteiger partial charge in [0.15, 0.2) is 23.0 Å². The van der Waals surface area contributed by atoms with Crippen LogP contribution in [0.5, 0.6) is 23.0 Å². The van der Waals surface area contributed by atoms with E-state index in [1.807, 2.05) is 37.3 Å². The fourth-order valence-corrected chi connectivity index (χ4v) is 2.91. The van der Waals surface area contributed by atoms with Crippen molar-refractivity contribution >= 4 is 5.91 Å². The van der Waals surface area contributed by atoms with Crippen molar-refractivity contribution in [3.63, 3.8) is 0 Å². The van der Waals surface area contributed by atoms with Crippen molar-refractivity contribution in [3.05, 3.63) is 47.5 Å². The van der Waals surface area contributed by atoms with Crippen LogP contribution in [-0.4, -0.2) is 40.4 Å². The summed E-state index contributed by atoms with van der Waals surface area (Å²) in [6.45, 7) is 1.98. The van der Waals surface area contributed by atoms with Crippen molar-refractivity contribution in [2.45, 2.75) is 25.8 Å². The Morgan fingerprint density at radius 1 is 0.815 bits per heavy atom. The third-order valence-corrected chi connectivity index (χ3v) is 4.21. The van der Waals surface area contributed by atoms with Gasteiger partial charge in [0.25, 0.3) is 0 Å². The summed E-state index contributed by atoms with van der Waals surface area (Å²) in [5, 5.41) is 3.03. The van der Waals surface area contributed by atoms with Crippen LogP contribution in [-0.2, 0) is 17.6 Å². The minimum atomic E-state index is -0.0461. The summed E-state index contributed by atoms with van der Waals surface area (Å²) in [6.07, 6.45) is 0.967. The van der Waals surface area contributed by atoms with Crippen molar-refractivity contribution in [2.24, 2.45) is 0 Å². The van der Waals surface area contributed by atoms with Crippen LogP contribution in [0.3, 0.4) is 0 Å². The molecule has 1 N–H and O–H groups in total. The zero-order valence-corrected chi connectivity index (χ0v) is 16.5. The molecule has 0 saturated carbocycles. The van der Waals surface area contributed by atoms with E-state index in [0.29, 0.717) is 29.4 Å². The molecule has 0 aliphatic rings. The molecule has 1 amide bonds. The van der Waals surface area contributed by atoms with Gasteiger partial charge in [-0.05, 0) is 48.7 Å². The number of carbonyl (C=O) groups is 1. The summed E-state index contributed by atoms with van der Waals surface area (Å²) in [5.74, 6) is 2.57. The topological polar surface area (TPSA) is 66.0 Å². The molecule has 0 spiro atoms. The van der Waals surface area contributed by atoms with E-state index < -0.39 is 0 Å². The molecule has 0 fully saturated rings. The van der Waals surface area contributed by atoms with Gasteiger partial charge in [-0.1, -0.05) is 12.1 Å². The highest BCUT2D eigenvalue weighted by molar-refractivity contribution is 5.79. The molecule has 0 saturated heterocycles. The largest absolute Gasteiger partial charge is 0.493 e. The number of hydrogen-bond donors (Lipinski definition) is 1. The van der Waals surface area contributed by atoms with E-state index in [4.69, 9.17) is 18.9 Å². The Bertz CT molecular complexity index is 775. The third-order valence-electron chi connectivity index (χ3n) is 4.21. The molecule has 6 heteroatoms. The lowest BCUT2D eigenvalue weighted by molar-refractivity contribution is -0.121. The number of nitrogens with one attached hydrogen (secondary N) is 1. The van der Waals surface area contributed by atoms with Gasteiger partial charge in [0.2, 0.25) is 5.91 Å². The van der Waals surface area contributed by atoms with Crippen LogP contribution in [0.25, 0.3) is 0 Å². The van der Waals surface area contributed by atoms with E-state index in [-0.39, 0.29) is 18.4 Å². The van der Waals surface area contributed by atoms with Crippen LogP contribution in [0.1, 0.15) is 18.1 Å². The second kappa shape index (κ2) is 9.71. The minimum absolute atomic E-state index is 0.0178. The zero-order chi connectivity index (χ0) is 19.8. The summed E-state index contributed by atoms with van der Waals surface area (Å²) in [6, 6.07) is 11.2. The van der Waals surface area contributed by atoms with E-state index in [1.54, 1.807) is 34.5 Å². The van der Waals surface area contributed by atoms with Crippen LogP contribution in [0.2, 0.25) is 0 Å². The maximum atomic E-state index is 12.4. The molecule has 0 aromatic heterocycles. The van der Waals surface area contributed by atoms with Gasteiger partial charge < -0.3 is 24.3 Å². The van der Waals surface area contributed by atoms with E-state index in [1.165, 1.54) is 0 Å². The molecule has 2 rings (SSSR count). The molecule has 27 heavy (non-hydrogen) atoms. The van der Waals surface area contributed by atoms with Crippen LogP contribution >= 0.6 is 0 Å². The monoisotopic (exact) mass is 373 g/mol. The summed E-state index contributed by atoms with van der Waals surface area (Å²) in [4.78, 5) is 12.4. The predicted octanol–water partition coefficient (Wildman–Crippen LogP) is 3.01. The molecule has 0 aliphatic carbocycles. The molecule has 6 nitrogen and oxygen atoms in total. The normalized spacial score (nSPS) is 11.4. The number of methoxy groups -OCH3 is 4. The van der Waals surface area contributed by atoms with Gasteiger partial charge in [-0.2, -0.15) is 0 Å². The number of carbonyl (C=O) groups excluding carboxylic acids is 1. The highest BCUT2D eigenvalue weighted by atomic mass is 16.5. The molecule has 0 bridgehead atoms. The highest BCUT2D eigenvalue weighted by Crippen LogP contribution is 2.28. The first-order chi connectivity index (χ1) is 13.0. The Kier molecular flexibility index (Phi) is 7.34. The van der Waals surface area contributed by atoms with Crippen molar-refractivity contribution < 1.29 is 23.7 Å². The molecule has 0 aliphatic heterocycles. The molecule has 0 unspecified atom stereocenters. The molecule has 146 valence electrons. The molecule has 2 aromatic carbocycles. The quantitative estimate of drug-likeness (QED) is 0.732. The first-order valence-electron chi connectivity index (χ1n) is 8.71. The molecule has 0 radical (unpaired) electrons. The molecule has 2 aromatic rings. The zero-order valence-electron chi connectivity index (χ0n) is 16.5. The predicted molar refractivity (Wildman–Crippen MR) is 104 cm³/mol. The van der Waals surface area contributed by atoms with E-state index in [0.717, 1.165) is 11.1 Å². The molecular formula is C21H27NO5. The van der Waals surface area contributed by atoms with Crippen molar-refractivity contribution in [1.82, 2.24) is 5.32 Å². The highest BCUT2D eigenvalue weighted by Gasteiger charge is 2.12. The van der Waals surface area contributed by atoms with Gasteiger partial charge in [0.1, 0.15) is 0 Å². The minimum Gasteiger partial charge on any atom is -0.493 e. The summed E-state index contributed by atoms with van der Waals surface area (Å²) < 4.78 is 21.1. The fraction of sp³-hybridized carbons (Fsp3) is 0.381. The third kappa shape index (κ3) is 5.54. The lowest BCUT2D eigenvalue weighted by Gasteiger charge is -2.16. The lowest BCUT2D eigenvalue weighted by Crippen LogP contribution is -2.35. The summed E-state index contributed by atoms with van der Waals surface area (Å²) in [7, 11) is 6.37. The summed E-state index contributed by atoms with van der Waals surface area (Å²) >= 11 is 0. The fourth-order valence-electron chi connectivity index (χ4n) is 2.91. The maximum absolute atomic E-state index is 12.4. The average Bonchev–Trinajstić information content (AvgIpc) is 2.67. The van der Waals surface area contributed by atoms with Crippen molar-refractivity contribution in [3.8, 4) is 23.0 Å². The molecule has 0 heterocycles. The Hall–Kier alpha value is -2.89. The van der Waals surface area contributed by atoms with Crippen LogP contribution in [0, 0.1) is 0 Å². The van der Waals surface area contributed by atoms with Gasteiger partial charge in [-0.3, -0.25) is 4.79 Å². The average molecular weight is 373 g/mol. The Morgan fingerprint density at radius 3 is 1.81 bits per heavy atom. The second-order valence-corrected chi connectivity index (χ2v) is 6.23. The Morgan fingerprint density at radius 2 is 1.30 bits per heavy atom. The molecule has 1 atom stereocenters.